The molecule has 0 fully saturated rings. The molecule has 28 heavy (non-hydrogen) atoms. The molecule has 0 radical (unpaired) electrons. The molecule has 0 amide bonds. The fourth-order valence-electron chi connectivity index (χ4n) is 3.26. The van der Waals surface area contributed by atoms with Crippen molar-refractivity contribution in [2.75, 3.05) is 6.54 Å². The van der Waals surface area contributed by atoms with Crippen molar-refractivity contribution in [3.8, 4) is 17.3 Å². The van der Waals surface area contributed by atoms with Gasteiger partial charge in [0.25, 0.3) is 0 Å². The zero-order valence-electron chi connectivity index (χ0n) is 16.3. The van der Waals surface area contributed by atoms with Crippen LogP contribution in [0.25, 0.3) is 11.3 Å². The summed E-state index contributed by atoms with van der Waals surface area (Å²) in [5.74, 6) is 1.05. The van der Waals surface area contributed by atoms with Gasteiger partial charge < -0.3 is 10.3 Å². The van der Waals surface area contributed by atoms with E-state index in [1.54, 1.807) is 0 Å². The molecule has 3 aromatic rings. The Morgan fingerprint density at radius 3 is 2.43 bits per heavy atom. The molecule has 0 bridgehead atoms. The van der Waals surface area contributed by atoms with E-state index in [1.807, 2.05) is 30.5 Å². The lowest BCUT2D eigenvalue weighted by molar-refractivity contribution is 0.572. The standard InChI is InChI=1S/C24H28N4/c25-17-20-12-14-22(15-13-20)23-19-27-24(28-23)11-7-2-1-3-8-16-26-18-21-9-5-4-6-10-21/h4-6,9-10,12-15,19,26H,1-3,7-8,11,16,18H2,(H,27,28). The van der Waals surface area contributed by atoms with Crippen LogP contribution in [0.5, 0.6) is 0 Å². The number of hydrogen-bond donors (Lipinski definition) is 2. The summed E-state index contributed by atoms with van der Waals surface area (Å²) < 4.78 is 0. The number of nitrogens with one attached hydrogen (secondary N) is 2. The third kappa shape index (κ3) is 6.37. The number of aromatic nitrogens is 2. The number of nitriles is 1. The zero-order valence-corrected chi connectivity index (χ0v) is 16.3. The predicted octanol–water partition coefficient (Wildman–Crippen LogP) is 5.23. The molecular weight excluding hydrogens is 344 g/mol. The Kier molecular flexibility index (Phi) is 7.84. The van der Waals surface area contributed by atoms with Gasteiger partial charge in [0.05, 0.1) is 23.5 Å². The van der Waals surface area contributed by atoms with Crippen LogP contribution >= 0.6 is 0 Å². The van der Waals surface area contributed by atoms with Gasteiger partial charge in [-0.15, -0.1) is 0 Å². The molecule has 0 unspecified atom stereocenters. The van der Waals surface area contributed by atoms with Gasteiger partial charge in [-0.1, -0.05) is 61.7 Å². The molecule has 144 valence electrons. The van der Waals surface area contributed by atoms with Crippen LogP contribution in [0.3, 0.4) is 0 Å². The maximum absolute atomic E-state index is 8.88. The number of rotatable bonds is 11. The summed E-state index contributed by atoms with van der Waals surface area (Å²) in [6.45, 7) is 2.04. The number of imidazole rings is 1. The molecule has 0 aliphatic heterocycles. The van der Waals surface area contributed by atoms with Crippen LogP contribution in [0.4, 0.5) is 0 Å². The van der Waals surface area contributed by atoms with Crippen LogP contribution in [0.2, 0.25) is 0 Å². The van der Waals surface area contributed by atoms with E-state index >= 15 is 0 Å². The van der Waals surface area contributed by atoms with Crippen molar-refractivity contribution in [1.82, 2.24) is 15.3 Å². The highest BCUT2D eigenvalue weighted by Gasteiger charge is 2.03. The van der Waals surface area contributed by atoms with Crippen LogP contribution < -0.4 is 5.32 Å². The minimum absolute atomic E-state index is 0.679. The third-order valence-electron chi connectivity index (χ3n) is 4.89. The largest absolute Gasteiger partial charge is 0.342 e. The number of aromatic amines is 1. The number of H-pyrrole nitrogens is 1. The predicted molar refractivity (Wildman–Crippen MR) is 114 cm³/mol. The number of nitrogens with zero attached hydrogens (tertiary/aromatic N) is 2. The Bertz CT molecular complexity index is 860. The lowest BCUT2D eigenvalue weighted by atomic mass is 10.1. The molecule has 4 heteroatoms. The number of benzene rings is 2. The second-order valence-electron chi connectivity index (χ2n) is 7.11. The van der Waals surface area contributed by atoms with Gasteiger partial charge in [0.2, 0.25) is 0 Å². The van der Waals surface area contributed by atoms with Gasteiger partial charge >= 0.3 is 0 Å². The minimum Gasteiger partial charge on any atom is -0.342 e. The minimum atomic E-state index is 0.679. The van der Waals surface area contributed by atoms with Gasteiger partial charge in [-0.25, -0.2) is 4.98 Å². The summed E-state index contributed by atoms with van der Waals surface area (Å²) in [5, 5.41) is 12.4. The Balaban J connectivity index is 1.25. The smallest absolute Gasteiger partial charge is 0.106 e. The molecule has 0 aliphatic carbocycles. The highest BCUT2D eigenvalue weighted by atomic mass is 14.9. The normalized spacial score (nSPS) is 10.7. The molecule has 1 aromatic heterocycles. The molecule has 0 spiro atoms. The summed E-state index contributed by atoms with van der Waals surface area (Å²) in [5.41, 5.74) is 4.12. The maximum atomic E-state index is 8.88. The highest BCUT2D eigenvalue weighted by Crippen LogP contribution is 2.18. The van der Waals surface area contributed by atoms with Crippen LogP contribution in [0.1, 0.15) is 49.1 Å². The van der Waals surface area contributed by atoms with E-state index < -0.39 is 0 Å². The Morgan fingerprint density at radius 1 is 0.893 bits per heavy atom. The van der Waals surface area contributed by atoms with Crippen LogP contribution in [-0.2, 0) is 13.0 Å². The van der Waals surface area contributed by atoms with E-state index in [0.717, 1.165) is 43.0 Å². The maximum Gasteiger partial charge on any atom is 0.106 e. The molecular formula is C24H28N4. The quantitative estimate of drug-likeness (QED) is 0.453. The lowest BCUT2D eigenvalue weighted by Crippen LogP contribution is -2.14. The Hall–Kier alpha value is -2.90. The first-order valence-electron chi connectivity index (χ1n) is 10.1. The molecule has 1 heterocycles. The Morgan fingerprint density at radius 2 is 1.64 bits per heavy atom. The van der Waals surface area contributed by atoms with E-state index in [-0.39, 0.29) is 0 Å². The summed E-state index contributed by atoms with van der Waals surface area (Å²) in [4.78, 5) is 7.89. The van der Waals surface area contributed by atoms with Crippen molar-refractivity contribution in [2.45, 2.75) is 45.1 Å². The average molecular weight is 373 g/mol. The SMILES string of the molecule is N#Cc1ccc(-c2cnc(CCCCCCCNCc3ccccc3)[nH]2)cc1. The topological polar surface area (TPSA) is 64.5 Å². The summed E-state index contributed by atoms with van der Waals surface area (Å²) in [6, 6.07) is 20.3. The first-order chi connectivity index (χ1) is 13.8. The molecule has 3 rings (SSSR count). The van der Waals surface area contributed by atoms with Gasteiger partial charge in [0, 0.05) is 13.0 Å². The fraction of sp³-hybridized carbons (Fsp3) is 0.333. The van der Waals surface area contributed by atoms with E-state index in [0.29, 0.717) is 5.56 Å². The molecule has 4 nitrogen and oxygen atoms in total. The Labute approximate surface area is 167 Å². The first-order valence-corrected chi connectivity index (χ1v) is 10.1. The van der Waals surface area contributed by atoms with Crippen molar-refractivity contribution in [3.05, 3.63) is 77.7 Å². The van der Waals surface area contributed by atoms with Crippen molar-refractivity contribution in [3.63, 3.8) is 0 Å². The van der Waals surface area contributed by atoms with E-state index in [2.05, 4.69) is 51.7 Å². The second kappa shape index (κ2) is 11.1. The third-order valence-corrected chi connectivity index (χ3v) is 4.89. The lowest BCUT2D eigenvalue weighted by Gasteiger charge is -2.05. The number of aryl methyl sites for hydroxylation is 1. The van der Waals surface area contributed by atoms with Crippen molar-refractivity contribution in [2.24, 2.45) is 0 Å². The molecule has 0 saturated carbocycles. The molecule has 0 saturated heterocycles. The summed E-state index contributed by atoms with van der Waals surface area (Å²) in [6.07, 6.45) is 9.06. The molecule has 2 aromatic carbocycles. The van der Waals surface area contributed by atoms with Gasteiger partial charge in [-0.05, 0) is 42.6 Å². The fourth-order valence-corrected chi connectivity index (χ4v) is 3.26. The van der Waals surface area contributed by atoms with Crippen LogP contribution in [-0.4, -0.2) is 16.5 Å². The van der Waals surface area contributed by atoms with Crippen molar-refractivity contribution >= 4 is 0 Å². The summed E-state index contributed by atoms with van der Waals surface area (Å²) >= 11 is 0. The van der Waals surface area contributed by atoms with E-state index in [1.165, 1.54) is 31.2 Å². The van der Waals surface area contributed by atoms with Crippen LogP contribution in [0, 0.1) is 11.3 Å². The molecule has 0 aliphatic rings. The highest BCUT2D eigenvalue weighted by molar-refractivity contribution is 5.59. The molecule has 2 N–H and O–H groups in total. The van der Waals surface area contributed by atoms with Gasteiger partial charge in [0.1, 0.15) is 5.82 Å². The summed E-state index contributed by atoms with van der Waals surface area (Å²) in [7, 11) is 0. The number of hydrogen-bond acceptors (Lipinski definition) is 3. The molecule has 0 atom stereocenters. The van der Waals surface area contributed by atoms with Gasteiger partial charge in [-0.3, -0.25) is 0 Å². The van der Waals surface area contributed by atoms with Gasteiger partial charge in [0.15, 0.2) is 0 Å². The second-order valence-corrected chi connectivity index (χ2v) is 7.11. The monoisotopic (exact) mass is 372 g/mol. The average Bonchev–Trinajstić information content (AvgIpc) is 3.22. The van der Waals surface area contributed by atoms with Crippen LogP contribution in [0.15, 0.2) is 60.8 Å². The van der Waals surface area contributed by atoms with Crippen molar-refractivity contribution < 1.29 is 0 Å². The zero-order chi connectivity index (χ0) is 19.4. The first kappa shape index (κ1) is 19.9. The van der Waals surface area contributed by atoms with Gasteiger partial charge in [-0.2, -0.15) is 5.26 Å². The van der Waals surface area contributed by atoms with Crippen molar-refractivity contribution in [1.29, 1.82) is 5.26 Å². The van der Waals surface area contributed by atoms with E-state index in [4.69, 9.17) is 5.26 Å². The van der Waals surface area contributed by atoms with E-state index in [9.17, 15) is 0 Å². The number of unbranched alkanes of at least 4 members (excludes halogenated alkanes) is 4.